The maximum absolute atomic E-state index is 11.6. The molecule has 0 aromatic rings. The molecule has 0 unspecified atom stereocenters. The van der Waals surface area contributed by atoms with Crippen molar-refractivity contribution in [3.63, 3.8) is 0 Å². The minimum absolute atomic E-state index is 0. The summed E-state index contributed by atoms with van der Waals surface area (Å²) in [6.45, 7) is 1.56. The van der Waals surface area contributed by atoms with Crippen molar-refractivity contribution < 1.29 is 142 Å². The fourth-order valence-corrected chi connectivity index (χ4v) is 2.44. The Bertz CT molecular complexity index is 869. The quantitative estimate of drug-likeness (QED) is 0.0253. The molecule has 19 heteroatoms. The van der Waals surface area contributed by atoms with Gasteiger partial charge in [-0.15, -0.1) is 0 Å². The first-order valence-corrected chi connectivity index (χ1v) is 11.7. The smallest absolute Gasteiger partial charge is 1.00 e. The van der Waals surface area contributed by atoms with Gasteiger partial charge in [0.15, 0.2) is 11.8 Å². The van der Waals surface area contributed by atoms with Crippen molar-refractivity contribution in [2.24, 2.45) is 22.7 Å². The Morgan fingerprint density at radius 1 is 0.535 bits per heavy atom. The van der Waals surface area contributed by atoms with Gasteiger partial charge in [0.1, 0.15) is 13.2 Å². The minimum Gasteiger partial charge on any atom is -1.00 e. The number of carboxylic acids is 4. The summed E-state index contributed by atoms with van der Waals surface area (Å²) in [6, 6.07) is 0. The summed E-state index contributed by atoms with van der Waals surface area (Å²) in [4.78, 5) is 65.9. The van der Waals surface area contributed by atoms with Crippen LogP contribution in [-0.2, 0) is 38.2 Å². The molecule has 242 valence electrons. The molecule has 0 fully saturated rings. The van der Waals surface area contributed by atoms with E-state index in [4.69, 9.17) is 60.5 Å². The van der Waals surface area contributed by atoms with Crippen LogP contribution in [0.15, 0.2) is 24.3 Å². The molecule has 0 rings (SSSR count). The Labute approximate surface area is 288 Å². The van der Waals surface area contributed by atoms with E-state index in [1.165, 1.54) is 0 Å². The van der Waals surface area contributed by atoms with Crippen molar-refractivity contribution in [3.8, 4) is 0 Å². The van der Waals surface area contributed by atoms with Gasteiger partial charge in [-0.05, 0) is 0 Å². The summed E-state index contributed by atoms with van der Waals surface area (Å²) in [5, 5.41) is 88.9. The largest absolute Gasteiger partial charge is 1.00 e. The van der Waals surface area contributed by atoms with Crippen LogP contribution in [0.1, 0.15) is 14.3 Å². The molecule has 0 heterocycles. The maximum atomic E-state index is 11.6. The standard InChI is InChI=1S/2C12H18O9.K.H/c2*1-7(2-8(9(16)17)10(18)19)11(20)21-6-12(3-13,4-14)5-15;;/h2*8,13-15H,1-6H2,(H,16,17)(H,18,19);;/q;;+1;-1. The van der Waals surface area contributed by atoms with Crippen LogP contribution >= 0.6 is 0 Å². The number of aliphatic hydroxyl groups is 6. The third-order valence-corrected chi connectivity index (χ3v) is 5.70. The number of carbonyl (C=O) groups excluding carboxylic acids is 2. The topological polar surface area (TPSA) is 323 Å². The zero-order chi connectivity index (χ0) is 33.3. The van der Waals surface area contributed by atoms with Gasteiger partial charge >= 0.3 is 87.2 Å². The number of rotatable bonds is 20. The summed E-state index contributed by atoms with van der Waals surface area (Å²) in [6.07, 6.45) is -1.29. The normalized spacial score (nSPS) is 11.0. The van der Waals surface area contributed by atoms with Crippen molar-refractivity contribution >= 4 is 35.8 Å². The Morgan fingerprint density at radius 3 is 0.907 bits per heavy atom. The molecule has 0 amide bonds. The van der Waals surface area contributed by atoms with Crippen LogP contribution in [0, 0.1) is 22.7 Å². The fraction of sp³-hybridized carbons (Fsp3) is 0.583. The molecule has 0 aliphatic rings. The van der Waals surface area contributed by atoms with Gasteiger partial charge in [0.05, 0.1) is 50.5 Å². The van der Waals surface area contributed by atoms with E-state index in [9.17, 15) is 28.8 Å². The van der Waals surface area contributed by atoms with Gasteiger partial charge < -0.3 is 62.0 Å². The number of hydrogen-bond acceptors (Lipinski definition) is 14. The minimum atomic E-state index is -1.83. The Morgan fingerprint density at radius 2 is 0.744 bits per heavy atom. The number of ether oxygens (including phenoxy) is 2. The van der Waals surface area contributed by atoms with Crippen molar-refractivity contribution in [1.82, 2.24) is 0 Å². The second-order valence-corrected chi connectivity index (χ2v) is 9.17. The van der Waals surface area contributed by atoms with E-state index in [1.807, 2.05) is 0 Å². The van der Waals surface area contributed by atoms with Crippen LogP contribution in [0.3, 0.4) is 0 Å². The van der Waals surface area contributed by atoms with Crippen LogP contribution in [0.25, 0.3) is 0 Å². The summed E-state index contributed by atoms with van der Waals surface area (Å²) < 4.78 is 9.40. The van der Waals surface area contributed by atoms with E-state index < -0.39 is 124 Å². The van der Waals surface area contributed by atoms with Crippen LogP contribution in [0.2, 0.25) is 0 Å². The van der Waals surface area contributed by atoms with Gasteiger partial charge in [-0.25, -0.2) is 9.59 Å². The molecule has 18 nitrogen and oxygen atoms in total. The molecular weight excluding hydrogens is 615 g/mol. The molecule has 43 heavy (non-hydrogen) atoms. The number of carbonyl (C=O) groups is 6. The zero-order valence-corrected chi connectivity index (χ0v) is 26.5. The van der Waals surface area contributed by atoms with Crippen molar-refractivity contribution in [2.75, 3.05) is 52.9 Å². The molecule has 0 aliphatic heterocycles. The summed E-state index contributed by atoms with van der Waals surface area (Å²) in [7, 11) is 0. The molecule has 0 atom stereocenters. The zero-order valence-electron chi connectivity index (χ0n) is 24.4. The predicted octanol–water partition coefficient (Wildman–Crippen LogP) is -6.43. The second-order valence-electron chi connectivity index (χ2n) is 9.17. The van der Waals surface area contributed by atoms with Crippen LogP contribution in [0.4, 0.5) is 0 Å². The Balaban J connectivity index is -0.000000348. The van der Waals surface area contributed by atoms with Crippen molar-refractivity contribution in [1.29, 1.82) is 0 Å². The van der Waals surface area contributed by atoms with Gasteiger partial charge in [-0.2, -0.15) is 0 Å². The average Bonchev–Trinajstić information content (AvgIpc) is 2.95. The maximum Gasteiger partial charge on any atom is 1.00 e. The number of aliphatic carboxylic acids is 4. The number of carboxylic acid groups (broad SMARTS) is 4. The average molecular weight is 653 g/mol. The molecule has 0 radical (unpaired) electrons. The third kappa shape index (κ3) is 15.8. The summed E-state index contributed by atoms with van der Waals surface area (Å²) >= 11 is 0. The van der Waals surface area contributed by atoms with Crippen molar-refractivity contribution in [3.05, 3.63) is 24.3 Å². The predicted molar refractivity (Wildman–Crippen MR) is 135 cm³/mol. The molecule has 0 aromatic heterocycles. The number of hydrogen-bond donors (Lipinski definition) is 10. The van der Waals surface area contributed by atoms with E-state index in [-0.39, 0.29) is 64.0 Å². The molecule has 0 bridgehead atoms. The number of esters is 2. The molecule has 0 saturated heterocycles. The van der Waals surface area contributed by atoms with Crippen LogP contribution in [-0.4, -0.2) is 140 Å². The Kier molecular flexibility index (Phi) is 23.3. The molecule has 0 spiro atoms. The first kappa shape index (κ1) is 45.1. The first-order valence-electron chi connectivity index (χ1n) is 11.7. The Hall–Kier alpha value is -2.30. The van der Waals surface area contributed by atoms with E-state index >= 15 is 0 Å². The van der Waals surface area contributed by atoms with Gasteiger partial charge in [-0.3, -0.25) is 19.2 Å². The van der Waals surface area contributed by atoms with E-state index in [0.717, 1.165) is 0 Å². The van der Waals surface area contributed by atoms with Crippen molar-refractivity contribution in [2.45, 2.75) is 12.8 Å². The van der Waals surface area contributed by atoms with Gasteiger partial charge in [0.2, 0.25) is 0 Å². The van der Waals surface area contributed by atoms with E-state index in [2.05, 4.69) is 13.2 Å². The second kappa shape index (κ2) is 22.2. The van der Waals surface area contributed by atoms with Crippen LogP contribution in [0.5, 0.6) is 0 Å². The number of aliphatic hydroxyl groups excluding tert-OH is 6. The summed E-state index contributed by atoms with van der Waals surface area (Å²) in [5.74, 6) is -12.3. The fourth-order valence-electron chi connectivity index (χ4n) is 2.44. The molecule has 0 saturated carbocycles. The third-order valence-electron chi connectivity index (χ3n) is 5.70. The van der Waals surface area contributed by atoms with Crippen LogP contribution < -0.4 is 51.4 Å². The SMILES string of the molecule is C=C(CC(C(=O)O)C(=O)O)C(=O)OCC(CO)(CO)CO.C=C(CC(C(=O)O)C(=O)O)C(=O)OCC(CO)(CO)CO.[H-].[K+]. The van der Waals surface area contributed by atoms with E-state index in [1.54, 1.807) is 0 Å². The van der Waals surface area contributed by atoms with Gasteiger partial charge in [0, 0.05) is 24.0 Å². The monoisotopic (exact) mass is 652 g/mol. The molecule has 10 N–H and O–H groups in total. The van der Waals surface area contributed by atoms with Gasteiger partial charge in [-0.1, -0.05) is 13.2 Å². The summed E-state index contributed by atoms with van der Waals surface area (Å²) in [5.41, 5.74) is -3.64. The first-order chi connectivity index (χ1) is 19.4. The molecule has 0 aliphatic carbocycles. The van der Waals surface area contributed by atoms with Gasteiger partial charge in [0.25, 0.3) is 0 Å². The molecular formula is C24H37KO18. The molecule has 0 aromatic carbocycles. The van der Waals surface area contributed by atoms with E-state index in [0.29, 0.717) is 0 Å².